The van der Waals surface area contributed by atoms with Crippen molar-refractivity contribution in [2.45, 2.75) is 53.2 Å². The zero-order valence-electron chi connectivity index (χ0n) is 19.8. The predicted octanol–water partition coefficient (Wildman–Crippen LogP) is 5.32. The summed E-state index contributed by atoms with van der Waals surface area (Å²) in [7, 11) is 0. The van der Waals surface area contributed by atoms with Crippen LogP contribution in [0.5, 0.6) is 6.01 Å². The fourth-order valence-corrected chi connectivity index (χ4v) is 3.56. The molecule has 0 unspecified atom stereocenters. The van der Waals surface area contributed by atoms with E-state index in [4.69, 9.17) is 14.7 Å². The maximum atomic E-state index is 12.7. The first-order valence-electron chi connectivity index (χ1n) is 11.1. The van der Waals surface area contributed by atoms with Crippen molar-refractivity contribution in [3.05, 3.63) is 71.0 Å². The molecule has 0 radical (unpaired) electrons. The number of hydrogen-bond donors (Lipinski definition) is 1. The maximum Gasteiger partial charge on any atom is 0.339 e. The number of aromatic nitrogens is 2. The highest BCUT2D eigenvalue weighted by Gasteiger charge is 2.21. The van der Waals surface area contributed by atoms with Gasteiger partial charge in [0.2, 0.25) is 0 Å². The first kappa shape index (κ1) is 24.0. The highest BCUT2D eigenvalue weighted by Crippen LogP contribution is 2.27. The van der Waals surface area contributed by atoms with Crippen LogP contribution in [-0.2, 0) is 17.7 Å². The Bertz CT molecular complexity index is 1130. The van der Waals surface area contributed by atoms with Crippen molar-refractivity contribution >= 4 is 12.2 Å². The second kappa shape index (κ2) is 10.3. The molecule has 33 heavy (non-hydrogen) atoms. The maximum absolute atomic E-state index is 12.7. The Kier molecular flexibility index (Phi) is 7.53. The van der Waals surface area contributed by atoms with Crippen LogP contribution in [0, 0.1) is 0 Å². The summed E-state index contributed by atoms with van der Waals surface area (Å²) in [5.41, 5.74) is 4.23. The van der Waals surface area contributed by atoms with Crippen LogP contribution in [0.3, 0.4) is 0 Å². The van der Waals surface area contributed by atoms with Crippen LogP contribution < -0.4 is 4.74 Å². The largest absolute Gasteiger partial charge is 0.465 e. The van der Waals surface area contributed by atoms with Gasteiger partial charge in [0, 0.05) is 0 Å². The predicted molar refractivity (Wildman–Crippen MR) is 128 cm³/mol. The van der Waals surface area contributed by atoms with Gasteiger partial charge in [-0.05, 0) is 56.9 Å². The minimum absolute atomic E-state index is 0.345. The number of oxime groups is 1. The molecule has 1 heterocycles. The minimum atomic E-state index is -0.565. The first-order chi connectivity index (χ1) is 15.8. The molecule has 0 bridgehead atoms. The van der Waals surface area contributed by atoms with E-state index in [1.165, 1.54) is 6.21 Å². The molecule has 1 aromatic heterocycles. The van der Waals surface area contributed by atoms with E-state index < -0.39 is 5.60 Å². The number of hydrogen-bond acceptors (Lipinski definition) is 6. The van der Waals surface area contributed by atoms with Crippen LogP contribution >= 0.6 is 0 Å². The van der Waals surface area contributed by atoms with Gasteiger partial charge in [-0.3, -0.25) is 4.57 Å². The van der Waals surface area contributed by atoms with Crippen LogP contribution in [0.2, 0.25) is 0 Å². The normalized spacial score (nSPS) is 11.7. The van der Waals surface area contributed by atoms with E-state index in [0.717, 1.165) is 22.4 Å². The molecule has 7 heteroatoms. The third kappa shape index (κ3) is 5.80. The Morgan fingerprint density at radius 3 is 2.42 bits per heavy atom. The zero-order valence-corrected chi connectivity index (χ0v) is 19.8. The Labute approximate surface area is 194 Å². The second-order valence-corrected chi connectivity index (χ2v) is 8.59. The molecule has 3 aromatic rings. The summed E-state index contributed by atoms with van der Waals surface area (Å²) in [6, 6.07) is 15.9. The number of aryl methyl sites for hydroxylation is 1. The minimum Gasteiger partial charge on any atom is -0.465 e. The number of ether oxygens (including phenoxy) is 2. The molecule has 2 aromatic carbocycles. The highest BCUT2D eigenvalue weighted by atomic mass is 16.6. The van der Waals surface area contributed by atoms with E-state index in [9.17, 15) is 4.79 Å². The molecule has 0 spiro atoms. The molecule has 7 nitrogen and oxygen atoms in total. The highest BCUT2D eigenvalue weighted by molar-refractivity contribution is 5.97. The van der Waals surface area contributed by atoms with Gasteiger partial charge in [-0.25, -0.2) is 4.79 Å². The average molecular weight is 450 g/mol. The summed E-state index contributed by atoms with van der Waals surface area (Å²) in [6.45, 7) is 10.4. The monoisotopic (exact) mass is 449 g/mol. The van der Waals surface area contributed by atoms with Gasteiger partial charge in [0.25, 0.3) is 6.01 Å². The Morgan fingerprint density at radius 1 is 1.12 bits per heavy atom. The quantitative estimate of drug-likeness (QED) is 0.218. The van der Waals surface area contributed by atoms with Crippen LogP contribution in [0.15, 0.2) is 53.7 Å². The van der Waals surface area contributed by atoms with Gasteiger partial charge in [0.15, 0.2) is 0 Å². The van der Waals surface area contributed by atoms with Crippen LogP contribution in [0.1, 0.15) is 61.9 Å². The third-order valence-electron chi connectivity index (χ3n) is 4.99. The molecule has 0 saturated carbocycles. The van der Waals surface area contributed by atoms with Crippen LogP contribution in [0.4, 0.5) is 0 Å². The SMILES string of the molecule is CCOc1nc(CC)c(/C=N\O)n1Cc1ccc(-c2ccccc2C(=O)OC(C)(C)C)cc1. The molecule has 0 atom stereocenters. The summed E-state index contributed by atoms with van der Waals surface area (Å²) < 4.78 is 13.2. The summed E-state index contributed by atoms with van der Waals surface area (Å²) in [5, 5.41) is 12.3. The smallest absolute Gasteiger partial charge is 0.339 e. The average Bonchev–Trinajstić information content (AvgIpc) is 3.10. The third-order valence-corrected chi connectivity index (χ3v) is 4.99. The molecule has 0 aliphatic rings. The van der Waals surface area contributed by atoms with E-state index in [-0.39, 0.29) is 5.97 Å². The molecular weight excluding hydrogens is 418 g/mol. The van der Waals surface area contributed by atoms with Crippen molar-refractivity contribution < 1.29 is 19.5 Å². The number of rotatable bonds is 8. The van der Waals surface area contributed by atoms with Gasteiger partial charge < -0.3 is 14.7 Å². The molecule has 0 aliphatic heterocycles. The first-order valence-corrected chi connectivity index (χ1v) is 11.1. The lowest BCUT2D eigenvalue weighted by Crippen LogP contribution is -2.24. The van der Waals surface area contributed by atoms with Crippen LogP contribution in [-0.4, -0.2) is 39.2 Å². The lowest BCUT2D eigenvalue weighted by molar-refractivity contribution is 0.00704. The fourth-order valence-electron chi connectivity index (χ4n) is 3.56. The van der Waals surface area contributed by atoms with Crippen LogP contribution in [0.25, 0.3) is 11.1 Å². The molecule has 3 rings (SSSR count). The van der Waals surface area contributed by atoms with Gasteiger partial charge in [0.05, 0.1) is 36.3 Å². The number of carbonyl (C=O) groups is 1. The Balaban J connectivity index is 1.92. The van der Waals surface area contributed by atoms with Gasteiger partial charge >= 0.3 is 5.97 Å². The lowest BCUT2D eigenvalue weighted by Gasteiger charge is -2.20. The van der Waals surface area contributed by atoms with Crippen molar-refractivity contribution in [3.63, 3.8) is 0 Å². The number of benzene rings is 2. The molecule has 1 N–H and O–H groups in total. The molecular formula is C26H31N3O4. The van der Waals surface area contributed by atoms with Crippen molar-refractivity contribution in [2.75, 3.05) is 6.61 Å². The standard InChI is InChI=1S/C26H31N3O4/c1-6-22-23(16-27-31)29(25(28-22)32-7-2)17-18-12-14-19(15-13-18)20-10-8-9-11-21(20)24(30)33-26(3,4)5/h8-16,31H,6-7,17H2,1-5H3/b27-16-. The molecule has 0 saturated heterocycles. The van der Waals surface area contributed by atoms with Crippen molar-refractivity contribution in [1.29, 1.82) is 0 Å². The van der Waals surface area contributed by atoms with Gasteiger partial charge in [-0.2, -0.15) is 4.98 Å². The molecule has 174 valence electrons. The summed E-state index contributed by atoms with van der Waals surface area (Å²) in [5.74, 6) is -0.345. The lowest BCUT2D eigenvalue weighted by atomic mass is 9.98. The topological polar surface area (TPSA) is 85.9 Å². The molecule has 0 aliphatic carbocycles. The number of nitrogens with zero attached hydrogens (tertiary/aromatic N) is 3. The van der Waals surface area contributed by atoms with Gasteiger partial charge in [-0.15, -0.1) is 0 Å². The van der Waals surface area contributed by atoms with Crippen molar-refractivity contribution in [1.82, 2.24) is 9.55 Å². The summed E-state index contributed by atoms with van der Waals surface area (Å²) in [6.07, 6.45) is 2.08. The Hall–Kier alpha value is -3.61. The van der Waals surface area contributed by atoms with Crippen molar-refractivity contribution in [2.24, 2.45) is 5.16 Å². The number of esters is 1. The number of carbonyl (C=O) groups excluding carboxylic acids is 1. The fraction of sp³-hybridized carbons (Fsp3) is 0.346. The Morgan fingerprint density at radius 2 is 1.82 bits per heavy atom. The molecule has 0 fully saturated rings. The molecule has 0 amide bonds. The van der Waals surface area contributed by atoms with E-state index in [1.54, 1.807) is 6.07 Å². The van der Waals surface area contributed by atoms with E-state index >= 15 is 0 Å². The van der Waals surface area contributed by atoms with E-state index in [0.29, 0.717) is 36.8 Å². The van der Waals surface area contributed by atoms with E-state index in [1.807, 2.05) is 81.7 Å². The van der Waals surface area contributed by atoms with Gasteiger partial charge in [-0.1, -0.05) is 54.5 Å². The second-order valence-electron chi connectivity index (χ2n) is 8.59. The summed E-state index contributed by atoms with van der Waals surface area (Å²) in [4.78, 5) is 17.3. The van der Waals surface area contributed by atoms with Crippen molar-refractivity contribution in [3.8, 4) is 17.1 Å². The van der Waals surface area contributed by atoms with E-state index in [2.05, 4.69) is 10.1 Å². The summed E-state index contributed by atoms with van der Waals surface area (Å²) >= 11 is 0. The van der Waals surface area contributed by atoms with Gasteiger partial charge in [0.1, 0.15) is 5.60 Å². The number of imidazole rings is 1. The zero-order chi connectivity index (χ0) is 24.0.